The number of aliphatic hydroxyl groups is 1. The molecule has 0 aromatic heterocycles. The molecular weight excluding hydrogens is 294 g/mol. The molecule has 1 aliphatic carbocycles. The molecule has 2 fully saturated rings. The number of carbonyl (C=O) groups excluding carboxylic acids is 2. The lowest BCUT2D eigenvalue weighted by molar-refractivity contribution is -0.125. The highest BCUT2D eigenvalue weighted by Gasteiger charge is 2.42. The molecule has 0 bridgehead atoms. The summed E-state index contributed by atoms with van der Waals surface area (Å²) in [4.78, 5) is 25.8. The number of benzene rings is 1. The van der Waals surface area contributed by atoms with Crippen LogP contribution in [0, 0.1) is 5.92 Å². The number of rotatable bonds is 4. The Kier molecular flexibility index (Phi) is 4.96. The van der Waals surface area contributed by atoms with Crippen LogP contribution in [0.4, 0.5) is 4.79 Å². The van der Waals surface area contributed by atoms with Gasteiger partial charge in [-0.25, -0.2) is 4.79 Å². The van der Waals surface area contributed by atoms with E-state index in [1.165, 1.54) is 0 Å². The van der Waals surface area contributed by atoms with Crippen LogP contribution in [0.25, 0.3) is 0 Å². The van der Waals surface area contributed by atoms with Gasteiger partial charge in [0.2, 0.25) is 0 Å². The van der Waals surface area contributed by atoms with Crippen LogP contribution in [-0.4, -0.2) is 40.6 Å². The minimum Gasteiger partial charge on any atom is -0.445 e. The van der Waals surface area contributed by atoms with Crippen LogP contribution in [0.1, 0.15) is 37.7 Å². The van der Waals surface area contributed by atoms with E-state index in [1.807, 2.05) is 30.3 Å². The first kappa shape index (κ1) is 16.0. The fourth-order valence-electron chi connectivity index (χ4n) is 3.65. The standard InChI is InChI=1S/C18H23NO4/c20-16-10-4-8-14(16)17(21)15-9-5-11-19(15)18(22)23-12-13-6-2-1-3-7-13/h1-3,6-7,14-15,17,21H,4-5,8-12H2/t14-,15+,17-/m1/s1. The number of hydrogen-bond acceptors (Lipinski definition) is 4. The van der Waals surface area contributed by atoms with Gasteiger partial charge in [-0.05, 0) is 31.2 Å². The van der Waals surface area contributed by atoms with E-state index in [4.69, 9.17) is 4.74 Å². The van der Waals surface area contributed by atoms with Crippen LogP contribution >= 0.6 is 0 Å². The number of likely N-dealkylation sites (tertiary alicyclic amines) is 1. The van der Waals surface area contributed by atoms with Gasteiger partial charge in [-0.1, -0.05) is 30.3 Å². The zero-order valence-electron chi connectivity index (χ0n) is 13.2. The average Bonchev–Trinajstić information content (AvgIpc) is 3.22. The lowest BCUT2D eigenvalue weighted by Gasteiger charge is -2.30. The fraction of sp³-hybridized carbons (Fsp3) is 0.556. The Hall–Kier alpha value is -1.88. The first-order valence-corrected chi connectivity index (χ1v) is 8.35. The Balaban J connectivity index is 1.59. The van der Waals surface area contributed by atoms with Gasteiger partial charge in [-0.2, -0.15) is 0 Å². The third-order valence-corrected chi connectivity index (χ3v) is 4.90. The summed E-state index contributed by atoms with van der Waals surface area (Å²) >= 11 is 0. The van der Waals surface area contributed by atoms with Gasteiger partial charge in [0.05, 0.1) is 12.1 Å². The summed E-state index contributed by atoms with van der Waals surface area (Å²) in [5.41, 5.74) is 0.933. The van der Waals surface area contributed by atoms with E-state index in [-0.39, 0.29) is 24.3 Å². The Morgan fingerprint density at radius 2 is 2.04 bits per heavy atom. The molecule has 0 spiro atoms. The number of ketones is 1. The zero-order chi connectivity index (χ0) is 16.2. The number of amides is 1. The van der Waals surface area contributed by atoms with Gasteiger partial charge in [0, 0.05) is 18.9 Å². The molecule has 3 rings (SSSR count). The number of hydrogen-bond donors (Lipinski definition) is 1. The van der Waals surface area contributed by atoms with Crippen molar-refractivity contribution >= 4 is 11.9 Å². The molecule has 3 atom stereocenters. The molecule has 2 aliphatic rings. The molecule has 0 unspecified atom stereocenters. The quantitative estimate of drug-likeness (QED) is 0.926. The van der Waals surface area contributed by atoms with Crippen molar-refractivity contribution in [3.05, 3.63) is 35.9 Å². The lowest BCUT2D eigenvalue weighted by Crippen LogP contribution is -2.46. The largest absolute Gasteiger partial charge is 0.445 e. The first-order valence-electron chi connectivity index (χ1n) is 8.35. The van der Waals surface area contributed by atoms with Crippen molar-refractivity contribution in [3.8, 4) is 0 Å². The van der Waals surface area contributed by atoms with Gasteiger partial charge < -0.3 is 14.7 Å². The molecule has 5 nitrogen and oxygen atoms in total. The lowest BCUT2D eigenvalue weighted by atomic mass is 9.92. The predicted molar refractivity (Wildman–Crippen MR) is 84.7 cm³/mol. The van der Waals surface area contributed by atoms with Crippen molar-refractivity contribution in [1.29, 1.82) is 0 Å². The van der Waals surface area contributed by atoms with Crippen LogP contribution in [0.3, 0.4) is 0 Å². The van der Waals surface area contributed by atoms with Gasteiger partial charge in [-0.15, -0.1) is 0 Å². The van der Waals surface area contributed by atoms with Crippen molar-refractivity contribution in [1.82, 2.24) is 4.90 Å². The van der Waals surface area contributed by atoms with Crippen molar-refractivity contribution in [2.24, 2.45) is 5.92 Å². The molecule has 0 radical (unpaired) electrons. The normalized spacial score (nSPS) is 25.6. The Labute approximate surface area is 136 Å². The van der Waals surface area contributed by atoms with E-state index < -0.39 is 12.2 Å². The summed E-state index contributed by atoms with van der Waals surface area (Å²) in [5, 5.41) is 10.6. The predicted octanol–water partition coefficient (Wildman–Crippen LogP) is 2.52. The Bertz CT molecular complexity index is 559. The average molecular weight is 317 g/mol. The van der Waals surface area contributed by atoms with Crippen molar-refractivity contribution in [2.75, 3.05) is 6.54 Å². The fourth-order valence-corrected chi connectivity index (χ4v) is 3.65. The van der Waals surface area contributed by atoms with Gasteiger partial charge in [0.15, 0.2) is 0 Å². The van der Waals surface area contributed by atoms with Crippen molar-refractivity contribution < 1.29 is 19.4 Å². The van der Waals surface area contributed by atoms with E-state index in [1.54, 1.807) is 4.90 Å². The molecule has 124 valence electrons. The van der Waals surface area contributed by atoms with Crippen LogP contribution in [0.5, 0.6) is 0 Å². The van der Waals surface area contributed by atoms with Gasteiger partial charge in [-0.3, -0.25) is 4.79 Å². The molecular formula is C18H23NO4. The maximum atomic E-state index is 12.3. The van der Waals surface area contributed by atoms with Crippen LogP contribution in [0.15, 0.2) is 30.3 Å². The second-order valence-electron chi connectivity index (χ2n) is 6.40. The van der Waals surface area contributed by atoms with E-state index in [9.17, 15) is 14.7 Å². The molecule has 1 aromatic rings. The molecule has 1 N–H and O–H groups in total. The molecule has 23 heavy (non-hydrogen) atoms. The second kappa shape index (κ2) is 7.13. The molecule has 1 saturated heterocycles. The topological polar surface area (TPSA) is 66.8 Å². The molecule has 1 aromatic carbocycles. The third-order valence-electron chi connectivity index (χ3n) is 4.90. The molecule has 5 heteroatoms. The van der Waals surface area contributed by atoms with Crippen molar-refractivity contribution in [2.45, 2.75) is 50.9 Å². The molecule has 1 amide bonds. The van der Waals surface area contributed by atoms with E-state index >= 15 is 0 Å². The highest BCUT2D eigenvalue weighted by Crippen LogP contribution is 2.31. The summed E-state index contributed by atoms with van der Waals surface area (Å²) in [7, 11) is 0. The first-order chi connectivity index (χ1) is 11.2. The van der Waals surface area contributed by atoms with Gasteiger partial charge >= 0.3 is 6.09 Å². The number of nitrogens with zero attached hydrogens (tertiary/aromatic N) is 1. The van der Waals surface area contributed by atoms with E-state index in [0.717, 1.165) is 31.2 Å². The molecule has 1 aliphatic heterocycles. The maximum absolute atomic E-state index is 12.3. The summed E-state index contributed by atoms with van der Waals surface area (Å²) in [5.74, 6) is -0.190. The number of Topliss-reactive ketones (excluding diaryl/α,β-unsaturated/α-hetero) is 1. The summed E-state index contributed by atoms with van der Waals surface area (Å²) < 4.78 is 5.37. The molecule has 1 saturated carbocycles. The van der Waals surface area contributed by atoms with E-state index in [0.29, 0.717) is 13.0 Å². The van der Waals surface area contributed by atoms with E-state index in [2.05, 4.69) is 0 Å². The minimum absolute atomic E-state index is 0.127. The number of ether oxygens (including phenoxy) is 1. The summed E-state index contributed by atoms with van der Waals surface area (Å²) in [6, 6.07) is 9.22. The highest BCUT2D eigenvalue weighted by atomic mass is 16.6. The SMILES string of the molecule is O=C1CCC[C@H]1[C@@H](O)[C@@H]1CCCN1C(=O)OCc1ccccc1. The van der Waals surface area contributed by atoms with Crippen LogP contribution in [0.2, 0.25) is 0 Å². The number of carbonyl (C=O) groups is 2. The highest BCUT2D eigenvalue weighted by molar-refractivity contribution is 5.83. The Morgan fingerprint density at radius 1 is 1.26 bits per heavy atom. The van der Waals surface area contributed by atoms with Crippen LogP contribution < -0.4 is 0 Å². The minimum atomic E-state index is -0.767. The maximum Gasteiger partial charge on any atom is 0.410 e. The van der Waals surface area contributed by atoms with Crippen LogP contribution in [-0.2, 0) is 16.1 Å². The smallest absolute Gasteiger partial charge is 0.410 e. The van der Waals surface area contributed by atoms with Gasteiger partial charge in [0.1, 0.15) is 12.4 Å². The van der Waals surface area contributed by atoms with Gasteiger partial charge in [0.25, 0.3) is 0 Å². The third kappa shape index (κ3) is 3.55. The number of aliphatic hydroxyl groups excluding tert-OH is 1. The molecule has 1 heterocycles. The Morgan fingerprint density at radius 3 is 2.74 bits per heavy atom. The van der Waals surface area contributed by atoms with Crippen molar-refractivity contribution in [3.63, 3.8) is 0 Å². The summed E-state index contributed by atoms with van der Waals surface area (Å²) in [6.45, 7) is 0.803. The monoisotopic (exact) mass is 317 g/mol. The second-order valence-corrected chi connectivity index (χ2v) is 6.40. The zero-order valence-corrected chi connectivity index (χ0v) is 13.2. The summed E-state index contributed by atoms with van der Waals surface area (Å²) in [6.07, 6.45) is 2.51.